The third-order valence-corrected chi connectivity index (χ3v) is 5.77. The van der Waals surface area contributed by atoms with Crippen LogP contribution in [0.5, 0.6) is 0 Å². The molecule has 1 fully saturated rings. The van der Waals surface area contributed by atoms with E-state index in [4.69, 9.17) is 9.47 Å². The molecule has 3 rings (SSSR count). The Balaban J connectivity index is 1.62. The molecule has 7 nitrogen and oxygen atoms in total. The normalized spacial score (nSPS) is 20.0. The zero-order chi connectivity index (χ0) is 24.6. The highest BCUT2D eigenvalue weighted by atomic mass is 19.1. The fourth-order valence-electron chi connectivity index (χ4n) is 3.78. The molecule has 1 aliphatic rings. The van der Waals surface area contributed by atoms with Crippen molar-refractivity contribution in [3.05, 3.63) is 59.3 Å². The van der Waals surface area contributed by atoms with Crippen molar-refractivity contribution in [2.45, 2.75) is 32.1 Å². The van der Waals surface area contributed by atoms with Gasteiger partial charge < -0.3 is 14.8 Å². The first-order chi connectivity index (χ1) is 16.4. The van der Waals surface area contributed by atoms with E-state index in [9.17, 15) is 13.6 Å². The van der Waals surface area contributed by atoms with Gasteiger partial charge in [0.1, 0.15) is 23.3 Å². The molecule has 1 amide bonds. The SMILES string of the molecule is COCCCN=C(C)N=CCOC[C@@]1(c2cccc(F)c2)CC1C(=O)Nc1cc(C)c(F)cn1. The number of hydrogen-bond acceptors (Lipinski definition) is 5. The number of aliphatic imine (C=N–C) groups is 2. The number of amidine groups is 1. The van der Waals surface area contributed by atoms with Crippen LogP contribution in [0.2, 0.25) is 0 Å². The molecule has 2 atom stereocenters. The lowest BCUT2D eigenvalue weighted by molar-refractivity contribution is -0.118. The smallest absolute Gasteiger partial charge is 0.229 e. The summed E-state index contributed by atoms with van der Waals surface area (Å²) < 4.78 is 38.2. The highest BCUT2D eigenvalue weighted by Crippen LogP contribution is 2.55. The molecular weight excluding hydrogens is 442 g/mol. The van der Waals surface area contributed by atoms with Gasteiger partial charge in [-0.2, -0.15) is 0 Å². The van der Waals surface area contributed by atoms with Crippen molar-refractivity contribution in [3.8, 4) is 0 Å². The molecule has 34 heavy (non-hydrogen) atoms. The van der Waals surface area contributed by atoms with Crippen LogP contribution in [-0.2, 0) is 19.7 Å². The minimum atomic E-state index is -0.654. The first-order valence-corrected chi connectivity index (χ1v) is 11.1. The molecule has 1 aromatic carbocycles. The predicted molar refractivity (Wildman–Crippen MR) is 128 cm³/mol. The van der Waals surface area contributed by atoms with E-state index >= 15 is 0 Å². The largest absolute Gasteiger partial charge is 0.385 e. The van der Waals surface area contributed by atoms with Gasteiger partial charge in [-0.1, -0.05) is 12.1 Å². The average molecular weight is 473 g/mol. The molecule has 182 valence electrons. The Bertz CT molecular complexity index is 1060. The molecule has 2 aromatic rings. The second kappa shape index (κ2) is 11.9. The Labute approximate surface area is 198 Å². The van der Waals surface area contributed by atoms with Crippen LogP contribution in [0.25, 0.3) is 0 Å². The summed E-state index contributed by atoms with van der Waals surface area (Å²) in [5.41, 5.74) is 0.430. The summed E-state index contributed by atoms with van der Waals surface area (Å²) in [5.74, 6) is -0.589. The lowest BCUT2D eigenvalue weighted by atomic mass is 9.93. The number of rotatable bonds is 11. The number of pyridine rings is 1. The minimum Gasteiger partial charge on any atom is -0.385 e. The van der Waals surface area contributed by atoms with E-state index in [0.717, 1.165) is 12.6 Å². The van der Waals surface area contributed by atoms with E-state index in [1.54, 1.807) is 32.4 Å². The van der Waals surface area contributed by atoms with Gasteiger partial charge in [-0.3, -0.25) is 9.79 Å². The lowest BCUT2D eigenvalue weighted by Gasteiger charge is -2.18. The molecule has 0 bridgehead atoms. The summed E-state index contributed by atoms with van der Waals surface area (Å²) in [5, 5.41) is 2.74. The summed E-state index contributed by atoms with van der Waals surface area (Å²) in [4.78, 5) is 25.4. The van der Waals surface area contributed by atoms with Gasteiger partial charge in [0, 0.05) is 31.9 Å². The number of aromatic nitrogens is 1. The molecule has 1 aliphatic carbocycles. The standard InChI is InChI=1S/C25H30F2N4O3/c1-17-12-23(30-15-22(17)27)31-24(32)21-14-25(21,19-6-4-7-20(26)13-19)16-34-11-9-29-18(2)28-8-5-10-33-3/h4,6-7,9,12-13,15,21H,5,8,10-11,14,16H2,1-3H3,(H,30,31,32)/t21?,25-/m1/s1. The van der Waals surface area contributed by atoms with Crippen LogP contribution in [-0.4, -0.2) is 56.4 Å². The van der Waals surface area contributed by atoms with Gasteiger partial charge in [0.2, 0.25) is 5.91 Å². The molecule has 1 N–H and O–H groups in total. The van der Waals surface area contributed by atoms with Crippen LogP contribution in [0, 0.1) is 24.5 Å². The van der Waals surface area contributed by atoms with Gasteiger partial charge >= 0.3 is 0 Å². The molecule has 1 aromatic heterocycles. The Morgan fingerprint density at radius 1 is 1.35 bits per heavy atom. The Hall–Kier alpha value is -3.04. The van der Waals surface area contributed by atoms with Crippen molar-refractivity contribution in [2.24, 2.45) is 15.9 Å². The van der Waals surface area contributed by atoms with Crippen molar-refractivity contribution >= 4 is 23.8 Å². The highest BCUT2D eigenvalue weighted by Gasteiger charge is 2.59. The lowest BCUT2D eigenvalue weighted by Crippen LogP contribution is -2.26. The van der Waals surface area contributed by atoms with E-state index in [1.165, 1.54) is 18.2 Å². The maximum absolute atomic E-state index is 13.9. The zero-order valence-corrected chi connectivity index (χ0v) is 19.7. The average Bonchev–Trinajstić information content (AvgIpc) is 3.55. The summed E-state index contributed by atoms with van der Waals surface area (Å²) in [6, 6.07) is 7.69. The quantitative estimate of drug-likeness (QED) is 0.303. The van der Waals surface area contributed by atoms with E-state index in [1.807, 2.05) is 6.92 Å². The number of methoxy groups -OCH3 is 1. The van der Waals surface area contributed by atoms with Crippen LogP contribution in [0.1, 0.15) is 30.9 Å². The third kappa shape index (κ3) is 6.74. The molecule has 0 aliphatic heterocycles. The van der Waals surface area contributed by atoms with Crippen LogP contribution < -0.4 is 5.32 Å². The van der Waals surface area contributed by atoms with Gasteiger partial charge in [-0.05, 0) is 56.0 Å². The summed E-state index contributed by atoms with van der Waals surface area (Å²) in [7, 11) is 1.65. The van der Waals surface area contributed by atoms with Crippen LogP contribution in [0.3, 0.4) is 0 Å². The molecule has 1 heterocycles. The van der Waals surface area contributed by atoms with Gasteiger partial charge in [-0.15, -0.1) is 0 Å². The number of amides is 1. The fraction of sp³-hybridized carbons (Fsp3) is 0.440. The maximum Gasteiger partial charge on any atom is 0.229 e. The van der Waals surface area contributed by atoms with E-state index in [2.05, 4.69) is 20.3 Å². The molecule has 1 saturated carbocycles. The number of carbonyl (C=O) groups is 1. The second-order valence-electron chi connectivity index (χ2n) is 8.33. The molecule has 0 radical (unpaired) electrons. The summed E-state index contributed by atoms with van der Waals surface area (Å²) >= 11 is 0. The van der Waals surface area contributed by atoms with E-state index < -0.39 is 17.2 Å². The maximum atomic E-state index is 13.9. The van der Waals surface area contributed by atoms with E-state index in [0.29, 0.717) is 36.5 Å². The van der Waals surface area contributed by atoms with Crippen molar-refractivity contribution < 1.29 is 23.0 Å². The predicted octanol–water partition coefficient (Wildman–Crippen LogP) is 4.11. The minimum absolute atomic E-state index is 0.223. The Morgan fingerprint density at radius 3 is 2.91 bits per heavy atom. The monoisotopic (exact) mass is 472 g/mol. The molecule has 0 spiro atoms. The number of ether oxygens (including phenoxy) is 2. The number of halogens is 2. The molecule has 1 unspecified atom stereocenters. The van der Waals surface area contributed by atoms with Crippen LogP contribution in [0.15, 0.2) is 46.5 Å². The highest BCUT2D eigenvalue weighted by molar-refractivity contribution is 5.95. The number of nitrogens with zero attached hydrogens (tertiary/aromatic N) is 3. The number of hydrogen-bond donors (Lipinski definition) is 1. The molecular formula is C25H30F2N4O3. The number of anilines is 1. The summed E-state index contributed by atoms with van der Waals surface area (Å²) in [6.45, 7) is 5.15. The number of aryl methyl sites for hydroxylation is 1. The van der Waals surface area contributed by atoms with E-state index in [-0.39, 0.29) is 30.8 Å². The Morgan fingerprint density at radius 2 is 2.18 bits per heavy atom. The van der Waals surface area contributed by atoms with Gasteiger partial charge in [0.25, 0.3) is 0 Å². The van der Waals surface area contributed by atoms with Gasteiger partial charge in [0.15, 0.2) is 0 Å². The second-order valence-corrected chi connectivity index (χ2v) is 8.33. The first-order valence-electron chi connectivity index (χ1n) is 11.1. The van der Waals surface area contributed by atoms with Crippen molar-refractivity contribution in [3.63, 3.8) is 0 Å². The number of nitrogens with one attached hydrogen (secondary N) is 1. The van der Waals surface area contributed by atoms with Crippen LogP contribution in [0.4, 0.5) is 14.6 Å². The van der Waals surface area contributed by atoms with Crippen LogP contribution >= 0.6 is 0 Å². The zero-order valence-electron chi connectivity index (χ0n) is 19.7. The van der Waals surface area contributed by atoms with Crippen molar-refractivity contribution in [1.82, 2.24) is 4.98 Å². The van der Waals surface area contributed by atoms with Gasteiger partial charge in [-0.25, -0.2) is 18.8 Å². The Kier molecular flexibility index (Phi) is 8.95. The molecule has 0 saturated heterocycles. The topological polar surface area (TPSA) is 85.2 Å². The molecule has 9 heteroatoms. The third-order valence-electron chi connectivity index (χ3n) is 5.77. The number of carbonyl (C=O) groups excluding carboxylic acids is 1. The van der Waals surface area contributed by atoms with Crippen molar-refractivity contribution in [2.75, 3.05) is 38.8 Å². The summed E-state index contributed by atoms with van der Waals surface area (Å²) in [6.07, 6.45) is 4.02. The number of benzene rings is 1. The fourth-order valence-corrected chi connectivity index (χ4v) is 3.78. The first kappa shape index (κ1) is 25.6. The van der Waals surface area contributed by atoms with Crippen molar-refractivity contribution in [1.29, 1.82) is 0 Å². The van der Waals surface area contributed by atoms with Gasteiger partial charge in [0.05, 0.1) is 25.3 Å².